The third-order valence-corrected chi connectivity index (χ3v) is 1.84. The van der Waals surface area contributed by atoms with Crippen molar-refractivity contribution in [2.45, 2.75) is 32.0 Å². The van der Waals surface area contributed by atoms with Crippen LogP contribution in [0.4, 0.5) is 0 Å². The highest BCUT2D eigenvalue weighted by Gasteiger charge is 2.36. The van der Waals surface area contributed by atoms with Crippen LogP contribution in [-0.4, -0.2) is 36.6 Å². The second-order valence-electron chi connectivity index (χ2n) is 3.31. The monoisotopic (exact) mass is 160 g/mol. The van der Waals surface area contributed by atoms with Gasteiger partial charge >= 0.3 is 0 Å². The number of aliphatic hydroxyl groups is 1. The van der Waals surface area contributed by atoms with E-state index in [0.29, 0.717) is 13.2 Å². The quantitative estimate of drug-likeness (QED) is 0.655. The molecule has 0 aromatic rings. The molecule has 1 saturated heterocycles. The van der Waals surface area contributed by atoms with E-state index in [0.717, 1.165) is 6.42 Å². The molecule has 0 aromatic carbocycles. The largest absolute Gasteiger partial charge is 0.393 e. The minimum atomic E-state index is -0.409. The highest BCUT2D eigenvalue weighted by atomic mass is 16.6. The standard InChI is InChI=1S/C8H16O3/c1-7(2)11-8(5-9)3-4-10-6-8/h7,9H,3-6H2,1-2H3/t8-/m1/s1. The third-order valence-electron chi connectivity index (χ3n) is 1.84. The van der Waals surface area contributed by atoms with Gasteiger partial charge in [-0.25, -0.2) is 0 Å². The fourth-order valence-electron chi connectivity index (χ4n) is 1.34. The predicted molar refractivity (Wildman–Crippen MR) is 41.5 cm³/mol. The average molecular weight is 160 g/mol. The summed E-state index contributed by atoms with van der Waals surface area (Å²) in [5.74, 6) is 0. The first-order chi connectivity index (χ1) is 5.18. The molecular weight excluding hydrogens is 144 g/mol. The molecule has 1 fully saturated rings. The van der Waals surface area contributed by atoms with Crippen LogP contribution in [0.2, 0.25) is 0 Å². The Morgan fingerprint density at radius 2 is 2.36 bits per heavy atom. The molecule has 1 heterocycles. The summed E-state index contributed by atoms with van der Waals surface area (Å²) in [6.07, 6.45) is 0.964. The number of hydrogen-bond donors (Lipinski definition) is 1. The Morgan fingerprint density at radius 3 is 2.73 bits per heavy atom. The van der Waals surface area contributed by atoms with Crippen molar-refractivity contribution < 1.29 is 14.6 Å². The van der Waals surface area contributed by atoms with E-state index in [9.17, 15) is 0 Å². The number of aliphatic hydroxyl groups excluding tert-OH is 1. The number of hydrogen-bond acceptors (Lipinski definition) is 3. The Kier molecular flexibility index (Phi) is 2.87. The normalized spacial score (nSPS) is 31.6. The van der Waals surface area contributed by atoms with Crippen LogP contribution >= 0.6 is 0 Å². The van der Waals surface area contributed by atoms with Gasteiger partial charge in [0.05, 0.1) is 19.3 Å². The molecule has 1 atom stereocenters. The van der Waals surface area contributed by atoms with E-state index < -0.39 is 5.60 Å². The molecule has 1 N–H and O–H groups in total. The highest BCUT2D eigenvalue weighted by Crippen LogP contribution is 2.23. The van der Waals surface area contributed by atoms with E-state index >= 15 is 0 Å². The summed E-state index contributed by atoms with van der Waals surface area (Å²) in [4.78, 5) is 0. The number of rotatable bonds is 3. The van der Waals surface area contributed by atoms with Crippen molar-refractivity contribution in [1.29, 1.82) is 0 Å². The summed E-state index contributed by atoms with van der Waals surface area (Å²) in [5, 5.41) is 9.06. The van der Waals surface area contributed by atoms with E-state index in [1.165, 1.54) is 0 Å². The summed E-state index contributed by atoms with van der Waals surface area (Å²) >= 11 is 0. The van der Waals surface area contributed by atoms with Gasteiger partial charge in [-0.15, -0.1) is 0 Å². The molecule has 0 amide bonds. The second kappa shape index (κ2) is 3.52. The van der Waals surface area contributed by atoms with Crippen LogP contribution in [-0.2, 0) is 9.47 Å². The Morgan fingerprint density at radius 1 is 1.64 bits per heavy atom. The maximum absolute atomic E-state index is 9.06. The smallest absolute Gasteiger partial charge is 0.117 e. The van der Waals surface area contributed by atoms with Gasteiger partial charge in [0.15, 0.2) is 0 Å². The maximum atomic E-state index is 9.06. The first-order valence-electron chi connectivity index (χ1n) is 4.05. The van der Waals surface area contributed by atoms with Crippen LogP contribution in [0.25, 0.3) is 0 Å². The first-order valence-corrected chi connectivity index (χ1v) is 4.05. The average Bonchev–Trinajstić information content (AvgIpc) is 2.36. The summed E-state index contributed by atoms with van der Waals surface area (Å²) in [6, 6.07) is 0. The molecule has 0 unspecified atom stereocenters. The number of ether oxygens (including phenoxy) is 2. The Labute approximate surface area is 67.3 Å². The van der Waals surface area contributed by atoms with E-state index in [2.05, 4.69) is 0 Å². The highest BCUT2D eigenvalue weighted by molar-refractivity contribution is 4.84. The van der Waals surface area contributed by atoms with E-state index in [4.69, 9.17) is 14.6 Å². The van der Waals surface area contributed by atoms with E-state index in [1.807, 2.05) is 13.8 Å². The fraction of sp³-hybridized carbons (Fsp3) is 1.00. The molecule has 11 heavy (non-hydrogen) atoms. The van der Waals surface area contributed by atoms with Gasteiger partial charge in [-0.2, -0.15) is 0 Å². The second-order valence-corrected chi connectivity index (χ2v) is 3.31. The molecule has 0 aromatic heterocycles. The summed E-state index contributed by atoms with van der Waals surface area (Å²) in [7, 11) is 0. The Balaban J connectivity index is 2.45. The fourth-order valence-corrected chi connectivity index (χ4v) is 1.34. The molecule has 0 spiro atoms. The lowest BCUT2D eigenvalue weighted by Gasteiger charge is -2.27. The molecule has 3 nitrogen and oxygen atoms in total. The maximum Gasteiger partial charge on any atom is 0.117 e. The van der Waals surface area contributed by atoms with Crippen LogP contribution < -0.4 is 0 Å². The zero-order chi connectivity index (χ0) is 8.32. The van der Waals surface area contributed by atoms with Crippen LogP contribution in [0.5, 0.6) is 0 Å². The predicted octanol–water partition coefficient (Wildman–Crippen LogP) is 0.563. The lowest BCUT2D eigenvalue weighted by atomic mass is 10.0. The van der Waals surface area contributed by atoms with Crippen LogP contribution in [0.3, 0.4) is 0 Å². The van der Waals surface area contributed by atoms with Gasteiger partial charge < -0.3 is 14.6 Å². The van der Waals surface area contributed by atoms with Crippen molar-refractivity contribution in [1.82, 2.24) is 0 Å². The molecule has 0 saturated carbocycles. The third kappa shape index (κ3) is 2.15. The first kappa shape index (κ1) is 8.97. The van der Waals surface area contributed by atoms with Crippen molar-refractivity contribution in [3.63, 3.8) is 0 Å². The van der Waals surface area contributed by atoms with Crippen LogP contribution in [0.15, 0.2) is 0 Å². The van der Waals surface area contributed by atoms with Crippen molar-refractivity contribution in [3.05, 3.63) is 0 Å². The Bertz CT molecular complexity index is 117. The molecule has 1 aliphatic rings. The molecule has 1 aliphatic heterocycles. The zero-order valence-corrected chi connectivity index (χ0v) is 7.17. The van der Waals surface area contributed by atoms with Crippen molar-refractivity contribution in [3.8, 4) is 0 Å². The molecule has 3 heteroatoms. The van der Waals surface area contributed by atoms with Crippen molar-refractivity contribution >= 4 is 0 Å². The molecule has 1 rings (SSSR count). The topological polar surface area (TPSA) is 38.7 Å². The van der Waals surface area contributed by atoms with Crippen LogP contribution in [0, 0.1) is 0 Å². The van der Waals surface area contributed by atoms with E-state index in [-0.39, 0.29) is 12.7 Å². The van der Waals surface area contributed by atoms with Gasteiger partial charge in [-0.05, 0) is 13.8 Å². The lowest BCUT2D eigenvalue weighted by Crippen LogP contribution is -2.39. The van der Waals surface area contributed by atoms with Gasteiger partial charge in [-0.1, -0.05) is 0 Å². The molecule has 0 aliphatic carbocycles. The lowest BCUT2D eigenvalue weighted by molar-refractivity contribution is -0.108. The van der Waals surface area contributed by atoms with Gasteiger partial charge in [0.1, 0.15) is 5.60 Å². The zero-order valence-electron chi connectivity index (χ0n) is 7.17. The van der Waals surface area contributed by atoms with Gasteiger partial charge in [0.2, 0.25) is 0 Å². The van der Waals surface area contributed by atoms with Crippen molar-refractivity contribution in [2.24, 2.45) is 0 Å². The van der Waals surface area contributed by atoms with Gasteiger partial charge in [0.25, 0.3) is 0 Å². The van der Waals surface area contributed by atoms with Crippen molar-refractivity contribution in [2.75, 3.05) is 19.8 Å². The van der Waals surface area contributed by atoms with Gasteiger partial charge in [0, 0.05) is 13.0 Å². The minimum Gasteiger partial charge on any atom is -0.393 e. The summed E-state index contributed by atoms with van der Waals surface area (Å²) < 4.78 is 10.7. The molecule has 0 bridgehead atoms. The van der Waals surface area contributed by atoms with Gasteiger partial charge in [-0.3, -0.25) is 0 Å². The molecule has 0 radical (unpaired) electrons. The summed E-state index contributed by atoms with van der Waals surface area (Å²) in [6.45, 7) is 5.23. The van der Waals surface area contributed by atoms with E-state index in [1.54, 1.807) is 0 Å². The molecule has 66 valence electrons. The van der Waals surface area contributed by atoms with Crippen LogP contribution in [0.1, 0.15) is 20.3 Å². The SMILES string of the molecule is CC(C)O[C@@]1(CO)CCOC1. The Hall–Kier alpha value is -0.120. The minimum absolute atomic E-state index is 0.0607. The summed E-state index contributed by atoms with van der Waals surface area (Å²) in [5.41, 5.74) is -0.409. The molecular formula is C8H16O3.